The average molecular weight is 233 g/mol. The lowest BCUT2D eigenvalue weighted by Gasteiger charge is -2.28. The molecular formula is C13H19N3O. The number of anilines is 1. The number of hydrogen-bond acceptors (Lipinski definition) is 3. The van der Waals surface area contributed by atoms with E-state index in [1.807, 2.05) is 0 Å². The van der Waals surface area contributed by atoms with E-state index in [0.717, 1.165) is 17.8 Å². The van der Waals surface area contributed by atoms with Crippen LogP contribution >= 0.6 is 0 Å². The predicted molar refractivity (Wildman–Crippen MR) is 66.9 cm³/mol. The lowest BCUT2D eigenvalue weighted by Crippen LogP contribution is -2.30. The van der Waals surface area contributed by atoms with Crippen LogP contribution in [0.3, 0.4) is 0 Å². The first-order chi connectivity index (χ1) is 8.22. The zero-order valence-corrected chi connectivity index (χ0v) is 10.1. The highest BCUT2D eigenvalue weighted by Crippen LogP contribution is 2.49. The van der Waals surface area contributed by atoms with E-state index < -0.39 is 0 Å². The van der Waals surface area contributed by atoms with Gasteiger partial charge in [0.1, 0.15) is 5.82 Å². The molecule has 2 aliphatic rings. The second-order valence-corrected chi connectivity index (χ2v) is 5.57. The van der Waals surface area contributed by atoms with Crippen LogP contribution in [0.1, 0.15) is 32.6 Å². The van der Waals surface area contributed by atoms with Crippen LogP contribution in [0.4, 0.5) is 5.82 Å². The average Bonchev–Trinajstić information content (AvgIpc) is 2.90. The van der Waals surface area contributed by atoms with Crippen molar-refractivity contribution in [3.8, 4) is 0 Å². The molecule has 92 valence electrons. The van der Waals surface area contributed by atoms with E-state index in [1.54, 1.807) is 0 Å². The molecule has 0 aliphatic heterocycles. The lowest BCUT2D eigenvalue weighted by molar-refractivity contribution is 0.304. The van der Waals surface area contributed by atoms with Crippen molar-refractivity contribution in [3.63, 3.8) is 0 Å². The summed E-state index contributed by atoms with van der Waals surface area (Å²) in [4.78, 5) is 17.9. The molecule has 3 rings (SSSR count). The van der Waals surface area contributed by atoms with Gasteiger partial charge in [-0.15, -0.1) is 0 Å². The summed E-state index contributed by atoms with van der Waals surface area (Å²) in [5.41, 5.74) is -0.0948. The minimum atomic E-state index is -0.0948. The van der Waals surface area contributed by atoms with Crippen LogP contribution in [0.2, 0.25) is 0 Å². The molecule has 0 aromatic carbocycles. The standard InChI is InChI=1S/C13H19N3O/c1-8(11-5-9-2-3-10(11)4-9)16-12-6-13(17)15-7-14-12/h6-11H,2-5H2,1H3,(H2,14,15,16,17). The Hall–Kier alpha value is -1.32. The topological polar surface area (TPSA) is 57.8 Å². The number of H-pyrrole nitrogens is 1. The summed E-state index contributed by atoms with van der Waals surface area (Å²) in [5, 5.41) is 3.38. The molecular weight excluding hydrogens is 214 g/mol. The van der Waals surface area contributed by atoms with Gasteiger partial charge in [0.15, 0.2) is 0 Å². The Labute approximate surface area is 101 Å². The fraction of sp³-hybridized carbons (Fsp3) is 0.692. The van der Waals surface area contributed by atoms with Gasteiger partial charge in [0.2, 0.25) is 0 Å². The summed E-state index contributed by atoms with van der Waals surface area (Å²) >= 11 is 0. The van der Waals surface area contributed by atoms with Crippen molar-refractivity contribution in [1.29, 1.82) is 0 Å². The normalized spacial score (nSPS) is 32.6. The Bertz CT molecular complexity index is 456. The Morgan fingerprint density at radius 3 is 3.00 bits per heavy atom. The van der Waals surface area contributed by atoms with Crippen molar-refractivity contribution in [2.75, 3.05) is 5.32 Å². The first-order valence-corrected chi connectivity index (χ1v) is 6.53. The zero-order chi connectivity index (χ0) is 11.8. The van der Waals surface area contributed by atoms with Crippen molar-refractivity contribution in [3.05, 3.63) is 22.7 Å². The van der Waals surface area contributed by atoms with Crippen LogP contribution in [0, 0.1) is 17.8 Å². The SMILES string of the molecule is CC(Nc1cc(=O)[nH]cn1)C1CC2CCC1C2. The summed E-state index contributed by atoms with van der Waals surface area (Å²) < 4.78 is 0. The van der Waals surface area contributed by atoms with Crippen LogP contribution in [-0.2, 0) is 0 Å². The van der Waals surface area contributed by atoms with Crippen molar-refractivity contribution < 1.29 is 0 Å². The van der Waals surface area contributed by atoms with E-state index in [-0.39, 0.29) is 5.56 Å². The minimum Gasteiger partial charge on any atom is -0.367 e. The van der Waals surface area contributed by atoms with Crippen molar-refractivity contribution in [2.24, 2.45) is 17.8 Å². The second kappa shape index (κ2) is 4.17. The number of hydrogen-bond donors (Lipinski definition) is 2. The van der Waals surface area contributed by atoms with Gasteiger partial charge in [-0.05, 0) is 43.9 Å². The Morgan fingerprint density at radius 1 is 1.47 bits per heavy atom. The molecule has 4 unspecified atom stereocenters. The maximum Gasteiger partial charge on any atom is 0.252 e. The molecule has 0 spiro atoms. The van der Waals surface area contributed by atoms with Crippen molar-refractivity contribution in [1.82, 2.24) is 9.97 Å². The smallest absolute Gasteiger partial charge is 0.252 e. The second-order valence-electron chi connectivity index (χ2n) is 5.57. The molecule has 17 heavy (non-hydrogen) atoms. The van der Waals surface area contributed by atoms with Gasteiger partial charge in [0, 0.05) is 12.1 Å². The molecule has 0 amide bonds. The predicted octanol–water partition coefficient (Wildman–Crippen LogP) is 2.01. The Kier molecular flexibility index (Phi) is 2.65. The Morgan fingerprint density at radius 2 is 2.35 bits per heavy atom. The highest BCUT2D eigenvalue weighted by molar-refractivity contribution is 5.33. The van der Waals surface area contributed by atoms with Gasteiger partial charge in [-0.25, -0.2) is 4.98 Å². The van der Waals surface area contributed by atoms with E-state index in [1.165, 1.54) is 38.1 Å². The fourth-order valence-electron chi connectivity index (χ4n) is 3.69. The third-order valence-electron chi connectivity index (χ3n) is 4.49. The number of nitrogens with one attached hydrogen (secondary N) is 2. The van der Waals surface area contributed by atoms with Crippen LogP contribution in [-0.4, -0.2) is 16.0 Å². The lowest BCUT2D eigenvalue weighted by atomic mass is 9.84. The molecule has 0 radical (unpaired) electrons. The van der Waals surface area contributed by atoms with Gasteiger partial charge in [-0.1, -0.05) is 6.42 Å². The summed E-state index contributed by atoms with van der Waals surface area (Å²) in [5.74, 6) is 3.31. The summed E-state index contributed by atoms with van der Waals surface area (Å²) in [6.07, 6.45) is 7.04. The molecule has 1 heterocycles. The van der Waals surface area contributed by atoms with E-state index in [4.69, 9.17) is 0 Å². The number of nitrogens with zero attached hydrogens (tertiary/aromatic N) is 1. The summed E-state index contributed by atoms with van der Waals surface area (Å²) in [6, 6.07) is 1.95. The largest absolute Gasteiger partial charge is 0.367 e. The van der Waals surface area contributed by atoms with Gasteiger partial charge in [-0.2, -0.15) is 0 Å². The van der Waals surface area contributed by atoms with E-state index in [2.05, 4.69) is 22.2 Å². The van der Waals surface area contributed by atoms with Gasteiger partial charge in [0.25, 0.3) is 5.56 Å². The maximum atomic E-state index is 11.2. The molecule has 4 heteroatoms. The number of aromatic nitrogens is 2. The summed E-state index contributed by atoms with van der Waals surface area (Å²) in [7, 11) is 0. The third kappa shape index (κ3) is 2.08. The number of aromatic amines is 1. The highest BCUT2D eigenvalue weighted by atomic mass is 16.1. The molecule has 1 aromatic heterocycles. The molecule has 2 fully saturated rings. The van der Waals surface area contributed by atoms with Gasteiger partial charge in [0.05, 0.1) is 6.33 Å². The van der Waals surface area contributed by atoms with Crippen molar-refractivity contribution in [2.45, 2.75) is 38.6 Å². The first kappa shape index (κ1) is 10.8. The van der Waals surface area contributed by atoms with Gasteiger partial charge in [-0.3, -0.25) is 4.79 Å². The molecule has 2 aliphatic carbocycles. The maximum absolute atomic E-state index is 11.2. The zero-order valence-electron chi connectivity index (χ0n) is 10.1. The van der Waals surface area contributed by atoms with Crippen LogP contribution in [0.5, 0.6) is 0 Å². The summed E-state index contributed by atoms with van der Waals surface area (Å²) in [6.45, 7) is 2.22. The van der Waals surface area contributed by atoms with Crippen LogP contribution in [0.15, 0.2) is 17.2 Å². The van der Waals surface area contributed by atoms with E-state index in [0.29, 0.717) is 11.9 Å². The van der Waals surface area contributed by atoms with Gasteiger partial charge >= 0.3 is 0 Å². The molecule has 4 atom stereocenters. The number of rotatable bonds is 3. The fourth-order valence-corrected chi connectivity index (χ4v) is 3.69. The highest BCUT2D eigenvalue weighted by Gasteiger charge is 2.41. The number of fused-ring (bicyclic) bond motifs is 2. The van der Waals surface area contributed by atoms with Crippen molar-refractivity contribution >= 4 is 5.82 Å². The molecule has 2 N–H and O–H groups in total. The monoisotopic (exact) mass is 233 g/mol. The quantitative estimate of drug-likeness (QED) is 0.839. The van der Waals surface area contributed by atoms with Gasteiger partial charge < -0.3 is 10.3 Å². The molecule has 0 saturated heterocycles. The molecule has 1 aromatic rings. The van der Waals surface area contributed by atoms with E-state index >= 15 is 0 Å². The minimum absolute atomic E-state index is 0.0948. The first-order valence-electron chi connectivity index (χ1n) is 6.53. The Balaban J connectivity index is 1.67. The van der Waals surface area contributed by atoms with Crippen LogP contribution in [0.25, 0.3) is 0 Å². The van der Waals surface area contributed by atoms with E-state index in [9.17, 15) is 4.79 Å². The molecule has 2 bridgehead atoms. The molecule has 4 nitrogen and oxygen atoms in total. The van der Waals surface area contributed by atoms with Crippen LogP contribution < -0.4 is 10.9 Å². The molecule has 2 saturated carbocycles. The third-order valence-corrected chi connectivity index (χ3v) is 4.49.